The molecule has 27 heavy (non-hydrogen) atoms. The average Bonchev–Trinajstić information content (AvgIpc) is 2.55. The summed E-state index contributed by atoms with van der Waals surface area (Å²) >= 11 is 5.91. The molecule has 0 radical (unpaired) electrons. The van der Waals surface area contributed by atoms with Gasteiger partial charge in [-0.15, -0.1) is 0 Å². The van der Waals surface area contributed by atoms with Crippen LogP contribution in [0.15, 0.2) is 36.4 Å². The summed E-state index contributed by atoms with van der Waals surface area (Å²) in [6.45, 7) is 2.54. The number of rotatable bonds is 6. The summed E-state index contributed by atoms with van der Waals surface area (Å²) < 4.78 is 43.8. The maximum Gasteiger partial charge on any atom is 0.416 e. The number of anilines is 1. The van der Waals surface area contributed by atoms with Crippen molar-refractivity contribution < 1.29 is 27.6 Å². The van der Waals surface area contributed by atoms with Crippen molar-refractivity contribution in [3.05, 3.63) is 58.1 Å². The maximum absolute atomic E-state index is 12.8. The average molecular weight is 402 g/mol. The minimum atomic E-state index is -4.51. The molecule has 146 valence electrons. The molecule has 2 aromatic carbocycles. The lowest BCUT2D eigenvalue weighted by Gasteiger charge is -2.17. The first-order chi connectivity index (χ1) is 12.6. The van der Waals surface area contributed by atoms with Gasteiger partial charge in [-0.25, -0.2) is 0 Å². The lowest BCUT2D eigenvalue weighted by atomic mass is 10.1. The molecule has 0 aliphatic carbocycles. The number of benzene rings is 2. The molecule has 1 unspecified atom stereocenters. The van der Waals surface area contributed by atoms with Gasteiger partial charge in [-0.1, -0.05) is 23.2 Å². The third-order valence-electron chi connectivity index (χ3n) is 3.96. The second-order valence-electron chi connectivity index (χ2n) is 6.37. The highest BCUT2D eigenvalue weighted by atomic mass is 35.5. The Hall–Kier alpha value is -2.25. The molecule has 2 rings (SSSR count). The lowest BCUT2D eigenvalue weighted by molar-refractivity contribution is -0.885. The third-order valence-corrected chi connectivity index (χ3v) is 4.29. The molecule has 4 nitrogen and oxygen atoms in total. The predicted octanol–water partition coefficient (Wildman–Crippen LogP) is 3.33. The summed E-state index contributed by atoms with van der Waals surface area (Å²) in [6, 6.07) is 8.59. The minimum Gasteiger partial charge on any atom is -0.496 e. The van der Waals surface area contributed by atoms with Gasteiger partial charge in [0.25, 0.3) is 5.91 Å². The van der Waals surface area contributed by atoms with Crippen molar-refractivity contribution >= 4 is 23.2 Å². The van der Waals surface area contributed by atoms with E-state index in [1.807, 2.05) is 32.2 Å². The number of halogens is 4. The summed E-state index contributed by atoms with van der Waals surface area (Å²) in [4.78, 5) is 13.1. The van der Waals surface area contributed by atoms with E-state index in [1.54, 1.807) is 7.11 Å². The molecule has 0 bridgehead atoms. The van der Waals surface area contributed by atoms with Crippen molar-refractivity contribution in [1.29, 1.82) is 0 Å². The first-order valence-electron chi connectivity index (χ1n) is 8.21. The number of carbonyl (C=O) groups excluding carboxylic acids is 1. The molecule has 0 fully saturated rings. The van der Waals surface area contributed by atoms with Crippen LogP contribution in [0.4, 0.5) is 18.9 Å². The van der Waals surface area contributed by atoms with Crippen molar-refractivity contribution in [3.63, 3.8) is 0 Å². The number of hydrogen-bond acceptors (Lipinski definition) is 2. The number of hydrogen-bond donors (Lipinski definition) is 2. The Bertz CT molecular complexity index is 825. The third kappa shape index (κ3) is 5.87. The van der Waals surface area contributed by atoms with E-state index in [2.05, 4.69) is 5.32 Å². The zero-order valence-corrected chi connectivity index (χ0v) is 16.0. The molecule has 2 N–H and O–H groups in total. The van der Waals surface area contributed by atoms with E-state index in [1.165, 1.54) is 0 Å². The van der Waals surface area contributed by atoms with Gasteiger partial charge in [0.2, 0.25) is 0 Å². The normalized spacial score (nSPS) is 12.6. The van der Waals surface area contributed by atoms with Crippen LogP contribution in [0, 0.1) is 6.92 Å². The Labute approximate surface area is 160 Å². The van der Waals surface area contributed by atoms with Crippen molar-refractivity contribution in [3.8, 4) is 5.75 Å². The molecule has 2 aromatic rings. The number of nitrogens with one attached hydrogen (secondary N) is 2. The van der Waals surface area contributed by atoms with Gasteiger partial charge < -0.3 is 15.0 Å². The maximum atomic E-state index is 12.8. The van der Waals surface area contributed by atoms with Crippen LogP contribution >= 0.6 is 11.6 Å². The summed E-state index contributed by atoms with van der Waals surface area (Å²) in [7, 11) is 3.39. The number of likely N-dealkylation sites (N-methyl/N-ethyl adjacent to an activating group) is 1. The molecule has 0 heterocycles. The highest BCUT2D eigenvalue weighted by Crippen LogP contribution is 2.33. The van der Waals surface area contributed by atoms with Gasteiger partial charge in [-0.05, 0) is 37.3 Å². The van der Waals surface area contributed by atoms with Gasteiger partial charge in [0.05, 0.1) is 30.4 Å². The molecule has 0 aromatic heterocycles. The van der Waals surface area contributed by atoms with Crippen LogP contribution in [-0.2, 0) is 17.5 Å². The number of carbonyl (C=O) groups is 1. The zero-order valence-electron chi connectivity index (χ0n) is 15.2. The zero-order chi connectivity index (χ0) is 20.2. The van der Waals surface area contributed by atoms with E-state index in [-0.39, 0.29) is 17.3 Å². The number of amides is 1. The molecule has 0 saturated heterocycles. The van der Waals surface area contributed by atoms with Gasteiger partial charge in [0.1, 0.15) is 12.3 Å². The van der Waals surface area contributed by atoms with E-state index < -0.39 is 17.6 Å². The number of quaternary nitrogens is 1. The Kier molecular flexibility index (Phi) is 6.73. The fraction of sp³-hybridized carbons (Fsp3) is 0.316. The van der Waals surface area contributed by atoms with E-state index >= 15 is 0 Å². The monoisotopic (exact) mass is 401 g/mol. The van der Waals surface area contributed by atoms with Crippen LogP contribution in [0.5, 0.6) is 5.75 Å². The molecular formula is C19H21ClF3N2O2+. The Morgan fingerprint density at radius 3 is 2.56 bits per heavy atom. The van der Waals surface area contributed by atoms with Gasteiger partial charge >= 0.3 is 6.18 Å². The van der Waals surface area contributed by atoms with Gasteiger partial charge in [0.15, 0.2) is 6.54 Å². The topological polar surface area (TPSA) is 42.8 Å². The SMILES string of the molecule is COc1ccc(C)cc1C[NH+](C)CC(=O)Nc1cc(C(F)(F)F)ccc1Cl. The van der Waals surface area contributed by atoms with Crippen LogP contribution in [0.2, 0.25) is 5.02 Å². The summed E-state index contributed by atoms with van der Waals surface area (Å²) in [5.74, 6) is 0.293. The van der Waals surface area contributed by atoms with Gasteiger partial charge in [-0.2, -0.15) is 13.2 Å². The standard InChI is InChI=1S/C19H20ClF3N2O2/c1-12-4-7-17(27-3)13(8-12)10-25(2)11-18(26)24-16-9-14(19(21,22)23)5-6-15(16)20/h4-9H,10-11H2,1-3H3,(H,24,26)/p+1. The van der Waals surface area contributed by atoms with Crippen molar-refractivity contribution in [2.45, 2.75) is 19.6 Å². The molecule has 0 aliphatic rings. The number of alkyl halides is 3. The van der Waals surface area contributed by atoms with Gasteiger partial charge in [-0.3, -0.25) is 4.79 Å². The molecular weight excluding hydrogens is 381 g/mol. The van der Waals surface area contributed by atoms with Crippen molar-refractivity contribution in [2.24, 2.45) is 0 Å². The van der Waals surface area contributed by atoms with Gasteiger partial charge in [0, 0.05) is 5.56 Å². The highest BCUT2D eigenvalue weighted by molar-refractivity contribution is 6.33. The molecule has 0 aliphatic heterocycles. The van der Waals surface area contributed by atoms with Crippen molar-refractivity contribution in [1.82, 2.24) is 0 Å². The van der Waals surface area contributed by atoms with Crippen LogP contribution in [0.3, 0.4) is 0 Å². The Morgan fingerprint density at radius 2 is 1.93 bits per heavy atom. The van der Waals surface area contributed by atoms with Crippen LogP contribution < -0.4 is 15.0 Å². The first-order valence-corrected chi connectivity index (χ1v) is 8.59. The predicted molar refractivity (Wildman–Crippen MR) is 98.3 cm³/mol. The number of methoxy groups -OCH3 is 1. The quantitative estimate of drug-likeness (QED) is 0.779. The summed E-state index contributed by atoms with van der Waals surface area (Å²) in [5, 5.41) is 2.51. The van der Waals surface area contributed by atoms with Crippen LogP contribution in [0.25, 0.3) is 0 Å². The minimum absolute atomic E-state index is 0.0503. The Balaban J connectivity index is 2.05. The van der Waals surface area contributed by atoms with Crippen LogP contribution in [0.1, 0.15) is 16.7 Å². The second kappa shape index (κ2) is 8.63. The fourth-order valence-electron chi connectivity index (χ4n) is 2.70. The molecule has 1 amide bonds. The lowest BCUT2D eigenvalue weighted by Crippen LogP contribution is -3.08. The fourth-order valence-corrected chi connectivity index (χ4v) is 2.86. The smallest absolute Gasteiger partial charge is 0.416 e. The largest absolute Gasteiger partial charge is 0.496 e. The summed E-state index contributed by atoms with van der Waals surface area (Å²) in [6.07, 6.45) is -4.51. The van der Waals surface area contributed by atoms with E-state index in [0.717, 1.165) is 40.0 Å². The summed E-state index contributed by atoms with van der Waals surface area (Å²) in [5.41, 5.74) is 1.09. The van der Waals surface area contributed by atoms with Crippen molar-refractivity contribution in [2.75, 3.05) is 26.0 Å². The molecule has 8 heteroatoms. The molecule has 1 atom stereocenters. The number of aryl methyl sites for hydroxylation is 1. The first kappa shape index (κ1) is 21.1. The second-order valence-corrected chi connectivity index (χ2v) is 6.77. The van der Waals surface area contributed by atoms with E-state index in [9.17, 15) is 18.0 Å². The van der Waals surface area contributed by atoms with E-state index in [4.69, 9.17) is 16.3 Å². The van der Waals surface area contributed by atoms with Crippen LogP contribution in [-0.4, -0.2) is 26.6 Å². The molecule has 0 saturated carbocycles. The highest BCUT2D eigenvalue weighted by Gasteiger charge is 2.31. The number of ether oxygens (including phenoxy) is 1. The Morgan fingerprint density at radius 1 is 1.22 bits per heavy atom. The van der Waals surface area contributed by atoms with E-state index in [0.29, 0.717) is 6.54 Å². The molecule has 0 spiro atoms.